The molecule has 1 aromatic heterocycles. The van der Waals surface area contributed by atoms with Crippen molar-refractivity contribution in [3.63, 3.8) is 0 Å². The van der Waals surface area contributed by atoms with Crippen molar-refractivity contribution in [2.75, 3.05) is 0 Å². The van der Waals surface area contributed by atoms with E-state index < -0.39 is 0 Å². The number of aryl methyl sites for hydroxylation is 2. The Morgan fingerprint density at radius 1 is 1.38 bits per heavy atom. The summed E-state index contributed by atoms with van der Waals surface area (Å²) in [4.78, 5) is 0. The van der Waals surface area contributed by atoms with Crippen molar-refractivity contribution in [3.8, 4) is 0 Å². The van der Waals surface area contributed by atoms with Crippen molar-refractivity contribution in [2.24, 2.45) is 5.73 Å². The molecule has 0 amide bonds. The minimum absolute atomic E-state index is 0.104. The van der Waals surface area contributed by atoms with Gasteiger partial charge in [0.1, 0.15) is 0 Å². The summed E-state index contributed by atoms with van der Waals surface area (Å²) in [6.45, 7) is 9.51. The highest BCUT2D eigenvalue weighted by Gasteiger charge is 2.20. The Bertz CT molecular complexity index is 326. The van der Waals surface area contributed by atoms with Crippen molar-refractivity contribution in [3.05, 3.63) is 17.5 Å². The predicted molar refractivity (Wildman–Crippen MR) is 68.5 cm³/mol. The van der Waals surface area contributed by atoms with Gasteiger partial charge in [0.2, 0.25) is 0 Å². The SMILES string of the molecule is CCCC(C)(N)Cc1cc(CC)nn1CC. The number of hydrogen-bond donors (Lipinski definition) is 1. The molecule has 0 aliphatic carbocycles. The van der Waals surface area contributed by atoms with Crippen molar-refractivity contribution < 1.29 is 0 Å². The summed E-state index contributed by atoms with van der Waals surface area (Å²) >= 11 is 0. The smallest absolute Gasteiger partial charge is 0.0624 e. The zero-order valence-corrected chi connectivity index (χ0v) is 11.1. The monoisotopic (exact) mass is 223 g/mol. The van der Waals surface area contributed by atoms with Gasteiger partial charge in [-0.2, -0.15) is 5.10 Å². The van der Waals surface area contributed by atoms with E-state index in [2.05, 4.69) is 43.5 Å². The van der Waals surface area contributed by atoms with Crippen LogP contribution in [0.15, 0.2) is 6.07 Å². The molecule has 0 fully saturated rings. The van der Waals surface area contributed by atoms with E-state index in [9.17, 15) is 0 Å². The lowest BCUT2D eigenvalue weighted by molar-refractivity contribution is 0.409. The summed E-state index contributed by atoms with van der Waals surface area (Å²) < 4.78 is 2.08. The molecule has 3 nitrogen and oxygen atoms in total. The molecule has 1 rings (SSSR count). The van der Waals surface area contributed by atoms with E-state index in [0.29, 0.717) is 0 Å². The molecular weight excluding hydrogens is 198 g/mol. The van der Waals surface area contributed by atoms with Gasteiger partial charge in [-0.25, -0.2) is 0 Å². The van der Waals surface area contributed by atoms with Gasteiger partial charge in [-0.05, 0) is 32.8 Å². The molecule has 1 atom stereocenters. The summed E-state index contributed by atoms with van der Waals surface area (Å²) in [7, 11) is 0. The highest BCUT2D eigenvalue weighted by molar-refractivity contribution is 5.13. The molecule has 0 radical (unpaired) electrons. The third-order valence-electron chi connectivity index (χ3n) is 2.98. The molecule has 0 saturated carbocycles. The van der Waals surface area contributed by atoms with Gasteiger partial charge in [0.05, 0.1) is 5.69 Å². The van der Waals surface area contributed by atoms with Gasteiger partial charge in [-0.1, -0.05) is 20.3 Å². The molecule has 92 valence electrons. The highest BCUT2D eigenvalue weighted by atomic mass is 15.3. The van der Waals surface area contributed by atoms with Gasteiger partial charge in [-0.3, -0.25) is 4.68 Å². The van der Waals surface area contributed by atoms with Crippen molar-refractivity contribution in [2.45, 2.75) is 65.5 Å². The number of rotatable bonds is 6. The predicted octanol–water partition coefficient (Wildman–Crippen LogP) is 2.53. The van der Waals surface area contributed by atoms with Crippen LogP contribution in [0.1, 0.15) is 51.9 Å². The van der Waals surface area contributed by atoms with Crippen LogP contribution in [-0.4, -0.2) is 15.3 Å². The number of aromatic nitrogens is 2. The summed E-state index contributed by atoms with van der Waals surface area (Å²) in [5, 5.41) is 4.55. The molecule has 3 heteroatoms. The van der Waals surface area contributed by atoms with E-state index in [4.69, 9.17) is 5.73 Å². The third-order valence-corrected chi connectivity index (χ3v) is 2.98. The first-order chi connectivity index (χ1) is 7.52. The molecule has 0 aliphatic heterocycles. The van der Waals surface area contributed by atoms with E-state index in [1.54, 1.807) is 0 Å². The Balaban J connectivity index is 2.82. The normalized spacial score (nSPS) is 15.1. The van der Waals surface area contributed by atoms with Gasteiger partial charge in [0, 0.05) is 24.2 Å². The first kappa shape index (κ1) is 13.2. The topological polar surface area (TPSA) is 43.8 Å². The maximum Gasteiger partial charge on any atom is 0.0624 e. The Kier molecular flexibility index (Phi) is 4.54. The van der Waals surface area contributed by atoms with E-state index in [-0.39, 0.29) is 5.54 Å². The van der Waals surface area contributed by atoms with Crippen LogP contribution in [0.25, 0.3) is 0 Å². The molecule has 2 N–H and O–H groups in total. The van der Waals surface area contributed by atoms with Crippen LogP contribution in [0.3, 0.4) is 0 Å². The molecule has 1 unspecified atom stereocenters. The first-order valence-corrected chi connectivity index (χ1v) is 6.37. The van der Waals surface area contributed by atoms with Crippen LogP contribution in [0, 0.1) is 0 Å². The Hall–Kier alpha value is -0.830. The zero-order valence-electron chi connectivity index (χ0n) is 11.1. The fraction of sp³-hybridized carbons (Fsp3) is 0.769. The van der Waals surface area contributed by atoms with Crippen LogP contribution >= 0.6 is 0 Å². The lowest BCUT2D eigenvalue weighted by Crippen LogP contribution is -2.39. The second-order valence-electron chi connectivity index (χ2n) is 4.88. The Morgan fingerprint density at radius 3 is 2.56 bits per heavy atom. The molecule has 0 aliphatic rings. The maximum atomic E-state index is 6.29. The van der Waals surface area contributed by atoms with Crippen LogP contribution in [0.5, 0.6) is 0 Å². The summed E-state index contributed by atoms with van der Waals surface area (Å²) in [5.74, 6) is 0. The molecular formula is C13H25N3. The minimum Gasteiger partial charge on any atom is -0.325 e. The van der Waals surface area contributed by atoms with Crippen LogP contribution in [-0.2, 0) is 19.4 Å². The number of hydrogen-bond acceptors (Lipinski definition) is 2. The van der Waals surface area contributed by atoms with E-state index >= 15 is 0 Å². The zero-order chi connectivity index (χ0) is 12.2. The number of nitrogens with two attached hydrogens (primary N) is 1. The third kappa shape index (κ3) is 3.34. The first-order valence-electron chi connectivity index (χ1n) is 6.37. The van der Waals surface area contributed by atoms with Crippen molar-refractivity contribution >= 4 is 0 Å². The van der Waals surface area contributed by atoms with Crippen LogP contribution in [0.2, 0.25) is 0 Å². The van der Waals surface area contributed by atoms with Crippen LogP contribution < -0.4 is 5.73 Å². The second-order valence-corrected chi connectivity index (χ2v) is 4.88. The molecule has 0 aromatic carbocycles. The molecule has 0 bridgehead atoms. The largest absolute Gasteiger partial charge is 0.325 e. The van der Waals surface area contributed by atoms with Gasteiger partial charge in [-0.15, -0.1) is 0 Å². The molecule has 1 aromatic rings. The standard InChI is InChI=1S/C13H25N3/c1-5-8-13(4,14)10-12-9-11(6-2)15-16(12)7-3/h9H,5-8,10,14H2,1-4H3. The fourth-order valence-corrected chi connectivity index (χ4v) is 2.18. The van der Waals surface area contributed by atoms with Gasteiger partial charge in [0.25, 0.3) is 0 Å². The van der Waals surface area contributed by atoms with Crippen LogP contribution in [0.4, 0.5) is 0 Å². The van der Waals surface area contributed by atoms with Crippen molar-refractivity contribution in [1.29, 1.82) is 0 Å². The summed E-state index contributed by atoms with van der Waals surface area (Å²) in [6.07, 6.45) is 4.11. The fourth-order valence-electron chi connectivity index (χ4n) is 2.18. The second kappa shape index (κ2) is 5.48. The maximum absolute atomic E-state index is 6.29. The number of nitrogens with zero attached hydrogens (tertiary/aromatic N) is 2. The summed E-state index contributed by atoms with van der Waals surface area (Å²) in [6, 6.07) is 2.20. The summed E-state index contributed by atoms with van der Waals surface area (Å²) in [5.41, 5.74) is 8.63. The minimum atomic E-state index is -0.104. The van der Waals surface area contributed by atoms with Crippen molar-refractivity contribution in [1.82, 2.24) is 9.78 Å². The van der Waals surface area contributed by atoms with E-state index in [0.717, 1.165) is 32.2 Å². The highest BCUT2D eigenvalue weighted by Crippen LogP contribution is 2.17. The molecule has 1 heterocycles. The Labute approximate surface area is 99.0 Å². The van der Waals surface area contributed by atoms with Gasteiger partial charge < -0.3 is 5.73 Å². The van der Waals surface area contributed by atoms with Gasteiger partial charge in [0.15, 0.2) is 0 Å². The quantitative estimate of drug-likeness (QED) is 0.805. The van der Waals surface area contributed by atoms with E-state index in [1.165, 1.54) is 11.4 Å². The van der Waals surface area contributed by atoms with Gasteiger partial charge >= 0.3 is 0 Å². The molecule has 0 saturated heterocycles. The Morgan fingerprint density at radius 2 is 2.06 bits per heavy atom. The lowest BCUT2D eigenvalue weighted by atomic mass is 9.92. The van der Waals surface area contributed by atoms with E-state index in [1.807, 2.05) is 0 Å². The average Bonchev–Trinajstić information content (AvgIpc) is 2.59. The molecule has 0 spiro atoms. The molecule has 16 heavy (non-hydrogen) atoms. The lowest BCUT2D eigenvalue weighted by Gasteiger charge is -2.24. The average molecular weight is 223 g/mol.